The third-order valence-electron chi connectivity index (χ3n) is 2.53. The van der Waals surface area contributed by atoms with Crippen molar-refractivity contribution in [3.8, 4) is 5.69 Å². The van der Waals surface area contributed by atoms with Gasteiger partial charge in [-0.1, -0.05) is 18.2 Å². The molecule has 2 rings (SSSR count). The van der Waals surface area contributed by atoms with E-state index < -0.39 is 0 Å². The van der Waals surface area contributed by atoms with Gasteiger partial charge >= 0.3 is 0 Å². The van der Waals surface area contributed by atoms with E-state index in [0.29, 0.717) is 0 Å². The van der Waals surface area contributed by atoms with Crippen LogP contribution in [0.5, 0.6) is 0 Å². The van der Waals surface area contributed by atoms with Crippen LogP contribution in [0.2, 0.25) is 0 Å². The quantitative estimate of drug-likeness (QED) is 0.851. The van der Waals surface area contributed by atoms with Crippen molar-refractivity contribution >= 4 is 0 Å². The molecule has 0 radical (unpaired) electrons. The van der Waals surface area contributed by atoms with Gasteiger partial charge in [-0.15, -0.1) is 0 Å². The predicted molar refractivity (Wildman–Crippen MR) is 65.7 cm³/mol. The van der Waals surface area contributed by atoms with Crippen molar-refractivity contribution in [1.29, 1.82) is 0 Å². The Balaban J connectivity index is 2.43. The zero-order valence-electron chi connectivity index (χ0n) is 9.72. The van der Waals surface area contributed by atoms with Crippen LogP contribution in [0, 0.1) is 6.92 Å². The molecule has 0 aliphatic heterocycles. The molecule has 1 unspecified atom stereocenters. The Morgan fingerprint density at radius 3 is 2.62 bits per heavy atom. The molecule has 0 amide bonds. The van der Waals surface area contributed by atoms with Crippen molar-refractivity contribution < 1.29 is 0 Å². The second-order valence-corrected chi connectivity index (χ2v) is 4.17. The zero-order chi connectivity index (χ0) is 11.5. The van der Waals surface area contributed by atoms with E-state index in [4.69, 9.17) is 5.73 Å². The first-order chi connectivity index (χ1) is 7.68. The average molecular weight is 215 g/mol. The summed E-state index contributed by atoms with van der Waals surface area (Å²) in [4.78, 5) is 4.42. The molecule has 2 aromatic rings. The van der Waals surface area contributed by atoms with Gasteiger partial charge in [0.1, 0.15) is 5.82 Å². The van der Waals surface area contributed by atoms with E-state index in [-0.39, 0.29) is 6.04 Å². The number of imidazole rings is 1. The Morgan fingerprint density at radius 2 is 2.00 bits per heavy atom. The van der Waals surface area contributed by atoms with Crippen LogP contribution in [0.25, 0.3) is 5.69 Å². The van der Waals surface area contributed by atoms with Crippen LogP contribution in [0.1, 0.15) is 18.4 Å². The zero-order valence-corrected chi connectivity index (χ0v) is 9.72. The Morgan fingerprint density at radius 1 is 1.31 bits per heavy atom. The van der Waals surface area contributed by atoms with Crippen LogP contribution in [-0.4, -0.2) is 15.6 Å². The van der Waals surface area contributed by atoms with Crippen LogP contribution in [0.3, 0.4) is 0 Å². The Kier molecular flexibility index (Phi) is 3.06. The third kappa shape index (κ3) is 2.14. The summed E-state index contributed by atoms with van der Waals surface area (Å²) < 4.78 is 2.16. The Labute approximate surface area is 95.9 Å². The van der Waals surface area contributed by atoms with E-state index in [9.17, 15) is 0 Å². The summed E-state index contributed by atoms with van der Waals surface area (Å²) >= 11 is 0. The van der Waals surface area contributed by atoms with Gasteiger partial charge in [0.2, 0.25) is 0 Å². The lowest BCUT2D eigenvalue weighted by molar-refractivity contribution is 0.689. The molecule has 0 bridgehead atoms. The van der Waals surface area contributed by atoms with Crippen LogP contribution in [-0.2, 0) is 6.42 Å². The van der Waals surface area contributed by atoms with Crippen molar-refractivity contribution in [3.63, 3.8) is 0 Å². The summed E-state index contributed by atoms with van der Waals surface area (Å²) in [5.74, 6) is 1.03. The van der Waals surface area contributed by atoms with E-state index in [1.54, 1.807) is 0 Å². The molecule has 0 saturated carbocycles. The van der Waals surface area contributed by atoms with Crippen LogP contribution in [0.15, 0.2) is 36.5 Å². The Bertz CT molecular complexity index is 457. The number of benzene rings is 1. The van der Waals surface area contributed by atoms with Gasteiger partial charge in [0.25, 0.3) is 0 Å². The number of aromatic nitrogens is 2. The highest BCUT2D eigenvalue weighted by molar-refractivity contribution is 5.35. The number of aryl methyl sites for hydroxylation is 1. The summed E-state index contributed by atoms with van der Waals surface area (Å²) in [6, 6.07) is 10.4. The molecular weight excluding hydrogens is 198 g/mol. The molecule has 2 N–H and O–H groups in total. The van der Waals surface area contributed by atoms with Crippen LogP contribution in [0.4, 0.5) is 0 Å². The van der Waals surface area contributed by atoms with Crippen molar-refractivity contribution in [3.05, 3.63) is 48.0 Å². The van der Waals surface area contributed by atoms with E-state index in [1.807, 2.05) is 31.3 Å². The summed E-state index contributed by atoms with van der Waals surface area (Å²) in [6.45, 7) is 4.06. The van der Waals surface area contributed by atoms with E-state index >= 15 is 0 Å². The van der Waals surface area contributed by atoms with Crippen LogP contribution < -0.4 is 5.73 Å². The minimum atomic E-state index is 0.129. The molecule has 1 aromatic heterocycles. The molecule has 84 valence electrons. The molecule has 16 heavy (non-hydrogen) atoms. The van der Waals surface area contributed by atoms with Gasteiger partial charge in [-0.3, -0.25) is 0 Å². The first-order valence-corrected chi connectivity index (χ1v) is 5.52. The van der Waals surface area contributed by atoms with E-state index in [1.165, 1.54) is 0 Å². The first kappa shape index (κ1) is 10.9. The van der Waals surface area contributed by atoms with Crippen molar-refractivity contribution in [2.75, 3.05) is 0 Å². The normalized spacial score (nSPS) is 12.7. The fourth-order valence-corrected chi connectivity index (χ4v) is 1.85. The number of hydrogen-bond acceptors (Lipinski definition) is 2. The summed E-state index contributed by atoms with van der Waals surface area (Å²) in [6.07, 6.45) is 2.69. The first-order valence-electron chi connectivity index (χ1n) is 5.52. The molecule has 1 heterocycles. The van der Waals surface area contributed by atoms with E-state index in [0.717, 1.165) is 23.6 Å². The Hall–Kier alpha value is -1.61. The van der Waals surface area contributed by atoms with Crippen molar-refractivity contribution in [2.24, 2.45) is 5.73 Å². The van der Waals surface area contributed by atoms with Gasteiger partial charge < -0.3 is 10.3 Å². The van der Waals surface area contributed by atoms with Gasteiger partial charge in [0.15, 0.2) is 0 Å². The summed E-state index contributed by atoms with van der Waals surface area (Å²) in [5, 5.41) is 0. The highest BCUT2D eigenvalue weighted by Crippen LogP contribution is 2.14. The lowest BCUT2D eigenvalue weighted by atomic mass is 10.2. The highest BCUT2D eigenvalue weighted by atomic mass is 15.1. The smallest absolute Gasteiger partial charge is 0.114 e. The maximum absolute atomic E-state index is 5.83. The third-order valence-corrected chi connectivity index (χ3v) is 2.53. The minimum absolute atomic E-state index is 0.129. The fraction of sp³-hybridized carbons (Fsp3) is 0.308. The van der Waals surface area contributed by atoms with Gasteiger partial charge in [-0.05, 0) is 26.0 Å². The second kappa shape index (κ2) is 4.49. The minimum Gasteiger partial charge on any atom is -0.328 e. The van der Waals surface area contributed by atoms with Crippen molar-refractivity contribution in [2.45, 2.75) is 26.3 Å². The SMILES string of the molecule is Cc1cnc(CC(C)N)n1-c1ccccc1. The van der Waals surface area contributed by atoms with Crippen molar-refractivity contribution in [1.82, 2.24) is 9.55 Å². The molecule has 0 saturated heterocycles. The lowest BCUT2D eigenvalue weighted by Crippen LogP contribution is -2.20. The molecule has 0 fully saturated rings. The van der Waals surface area contributed by atoms with Crippen LogP contribution >= 0.6 is 0 Å². The molecule has 3 heteroatoms. The topological polar surface area (TPSA) is 43.8 Å². The molecule has 1 atom stereocenters. The molecule has 0 aliphatic carbocycles. The van der Waals surface area contributed by atoms with Gasteiger partial charge in [0, 0.05) is 30.0 Å². The maximum atomic E-state index is 5.83. The number of rotatable bonds is 3. The molecule has 0 aliphatic rings. The van der Waals surface area contributed by atoms with Gasteiger partial charge in [-0.2, -0.15) is 0 Å². The number of hydrogen-bond donors (Lipinski definition) is 1. The maximum Gasteiger partial charge on any atom is 0.114 e. The number of para-hydroxylation sites is 1. The molecule has 3 nitrogen and oxygen atoms in total. The summed E-state index contributed by atoms with van der Waals surface area (Å²) in [5.41, 5.74) is 8.11. The monoisotopic (exact) mass is 215 g/mol. The highest BCUT2D eigenvalue weighted by Gasteiger charge is 2.09. The second-order valence-electron chi connectivity index (χ2n) is 4.17. The molecule has 1 aromatic carbocycles. The van der Waals surface area contributed by atoms with Gasteiger partial charge in [-0.25, -0.2) is 4.98 Å². The number of nitrogens with zero attached hydrogens (tertiary/aromatic N) is 2. The van der Waals surface area contributed by atoms with Gasteiger partial charge in [0.05, 0.1) is 0 Å². The number of nitrogens with two attached hydrogens (primary N) is 1. The predicted octanol–water partition coefficient (Wildman–Crippen LogP) is 2.07. The largest absolute Gasteiger partial charge is 0.328 e. The average Bonchev–Trinajstić information content (AvgIpc) is 2.60. The fourth-order valence-electron chi connectivity index (χ4n) is 1.85. The molecular formula is C13H17N3. The van der Waals surface area contributed by atoms with E-state index in [2.05, 4.69) is 28.6 Å². The summed E-state index contributed by atoms with van der Waals surface area (Å²) in [7, 11) is 0. The lowest BCUT2D eigenvalue weighted by Gasteiger charge is -2.11. The molecule has 0 spiro atoms. The standard InChI is InChI=1S/C13H17N3/c1-10(14)8-13-15-9-11(2)16(13)12-6-4-3-5-7-12/h3-7,9-10H,8,14H2,1-2H3.